The van der Waals surface area contributed by atoms with Crippen LogP contribution >= 0.6 is 11.3 Å². The number of furan rings is 1. The lowest BCUT2D eigenvalue weighted by atomic mass is 10.1. The highest BCUT2D eigenvalue weighted by Crippen LogP contribution is 2.38. The first-order valence-corrected chi connectivity index (χ1v) is 10.4. The molecule has 8 heteroatoms. The van der Waals surface area contributed by atoms with Crippen molar-refractivity contribution >= 4 is 32.6 Å². The molecule has 0 aliphatic carbocycles. The quantitative estimate of drug-likeness (QED) is 0.401. The average molecular weight is 439 g/mol. The third-order valence-electron chi connectivity index (χ3n) is 4.92. The number of fused-ring (bicyclic) bond motifs is 1. The molecule has 0 saturated carbocycles. The third kappa shape index (κ3) is 3.94. The molecule has 0 N–H and O–H groups in total. The number of hydrogen-bond acceptors (Lipinski definition) is 7. The van der Waals surface area contributed by atoms with Gasteiger partial charge in [0.25, 0.3) is 5.91 Å². The normalized spacial score (nSPS) is 10.8. The summed E-state index contributed by atoms with van der Waals surface area (Å²) in [6.07, 6.45) is 1.58. The van der Waals surface area contributed by atoms with Gasteiger partial charge in [-0.15, -0.1) is 0 Å². The van der Waals surface area contributed by atoms with Gasteiger partial charge in [-0.25, -0.2) is 4.98 Å². The number of anilines is 1. The molecule has 7 nitrogen and oxygen atoms in total. The Kier molecular flexibility index (Phi) is 5.81. The summed E-state index contributed by atoms with van der Waals surface area (Å²) < 4.78 is 22.7. The lowest BCUT2D eigenvalue weighted by Crippen LogP contribution is -2.30. The van der Waals surface area contributed by atoms with Crippen molar-refractivity contribution in [3.63, 3.8) is 0 Å². The minimum Gasteiger partial charge on any atom is -0.497 e. The zero-order chi connectivity index (χ0) is 22.0. The molecular weight excluding hydrogens is 416 g/mol. The summed E-state index contributed by atoms with van der Waals surface area (Å²) in [6.45, 7) is 2.22. The van der Waals surface area contributed by atoms with Gasteiger partial charge >= 0.3 is 0 Å². The predicted molar refractivity (Wildman–Crippen MR) is 120 cm³/mol. The van der Waals surface area contributed by atoms with Gasteiger partial charge in [0.2, 0.25) is 0 Å². The van der Waals surface area contributed by atoms with Gasteiger partial charge < -0.3 is 18.6 Å². The lowest BCUT2D eigenvalue weighted by Gasteiger charge is -2.20. The van der Waals surface area contributed by atoms with E-state index in [1.165, 1.54) is 18.4 Å². The van der Waals surface area contributed by atoms with E-state index in [1.54, 1.807) is 49.6 Å². The average Bonchev–Trinajstić information content (AvgIpc) is 3.47. The fourth-order valence-corrected chi connectivity index (χ4v) is 4.34. The van der Waals surface area contributed by atoms with Crippen LogP contribution < -0.4 is 19.1 Å². The molecule has 4 rings (SSSR count). The molecule has 4 aromatic rings. The fraction of sp³-hybridized carbons (Fsp3) is 0.217. The number of carbonyl (C=O) groups excluding carboxylic acids is 1. The maximum atomic E-state index is 13.7. The molecule has 31 heavy (non-hydrogen) atoms. The molecule has 0 aliphatic rings. The van der Waals surface area contributed by atoms with Crippen LogP contribution in [0.1, 0.15) is 21.7 Å². The summed E-state index contributed by atoms with van der Waals surface area (Å²) in [4.78, 5) is 20.1. The van der Waals surface area contributed by atoms with E-state index in [0.29, 0.717) is 33.7 Å². The molecule has 2 aromatic carbocycles. The number of ether oxygens (including phenoxy) is 3. The molecule has 160 valence electrons. The van der Waals surface area contributed by atoms with Crippen LogP contribution in [0.4, 0.5) is 5.13 Å². The Labute approximate surface area is 183 Å². The van der Waals surface area contributed by atoms with Crippen molar-refractivity contribution < 1.29 is 23.4 Å². The number of thiazole rings is 1. The molecule has 0 spiro atoms. The van der Waals surface area contributed by atoms with E-state index in [-0.39, 0.29) is 12.5 Å². The van der Waals surface area contributed by atoms with E-state index >= 15 is 0 Å². The summed E-state index contributed by atoms with van der Waals surface area (Å²) in [5, 5.41) is 0.536. The highest BCUT2D eigenvalue weighted by atomic mass is 32.1. The first-order valence-electron chi connectivity index (χ1n) is 9.56. The van der Waals surface area contributed by atoms with Crippen LogP contribution in [-0.2, 0) is 6.54 Å². The first kappa shape index (κ1) is 20.7. The number of aromatic nitrogens is 1. The van der Waals surface area contributed by atoms with Crippen LogP contribution in [0.3, 0.4) is 0 Å². The molecule has 0 unspecified atom stereocenters. The minimum absolute atomic E-state index is 0.216. The van der Waals surface area contributed by atoms with E-state index in [0.717, 1.165) is 15.8 Å². The van der Waals surface area contributed by atoms with Crippen molar-refractivity contribution in [1.82, 2.24) is 4.98 Å². The Morgan fingerprint density at radius 3 is 2.52 bits per heavy atom. The smallest absolute Gasteiger partial charge is 0.264 e. The monoisotopic (exact) mass is 438 g/mol. The number of methoxy groups -OCH3 is 3. The molecule has 2 heterocycles. The van der Waals surface area contributed by atoms with E-state index in [9.17, 15) is 4.79 Å². The number of hydrogen-bond donors (Lipinski definition) is 0. The second kappa shape index (κ2) is 8.69. The van der Waals surface area contributed by atoms with Crippen LogP contribution in [0, 0.1) is 6.92 Å². The number of rotatable bonds is 7. The van der Waals surface area contributed by atoms with Gasteiger partial charge in [0, 0.05) is 0 Å². The molecule has 2 aromatic heterocycles. The number of carbonyl (C=O) groups is 1. The molecule has 0 aliphatic heterocycles. The van der Waals surface area contributed by atoms with Crippen LogP contribution in [0.25, 0.3) is 10.2 Å². The highest BCUT2D eigenvalue weighted by molar-refractivity contribution is 7.22. The van der Waals surface area contributed by atoms with Gasteiger partial charge in [-0.2, -0.15) is 0 Å². The first-order chi connectivity index (χ1) is 15.0. The zero-order valence-corrected chi connectivity index (χ0v) is 18.5. The van der Waals surface area contributed by atoms with Crippen molar-refractivity contribution in [2.45, 2.75) is 13.5 Å². The van der Waals surface area contributed by atoms with Crippen LogP contribution in [0.2, 0.25) is 0 Å². The molecule has 1 amide bonds. The molecule has 0 fully saturated rings. The van der Waals surface area contributed by atoms with Gasteiger partial charge in [-0.3, -0.25) is 9.69 Å². The number of benzene rings is 2. The second-order valence-corrected chi connectivity index (χ2v) is 7.77. The zero-order valence-electron chi connectivity index (χ0n) is 17.7. The molecule has 0 bridgehead atoms. The topological polar surface area (TPSA) is 74.0 Å². The summed E-state index contributed by atoms with van der Waals surface area (Å²) >= 11 is 1.43. The predicted octanol–water partition coefficient (Wildman–Crippen LogP) is 5.07. The van der Waals surface area contributed by atoms with Crippen molar-refractivity contribution in [2.75, 3.05) is 26.2 Å². The van der Waals surface area contributed by atoms with Gasteiger partial charge in [-0.1, -0.05) is 17.4 Å². The summed E-state index contributed by atoms with van der Waals surface area (Å²) in [5.41, 5.74) is 2.15. The Hall–Kier alpha value is -3.52. The van der Waals surface area contributed by atoms with E-state index < -0.39 is 0 Å². The number of amides is 1. The van der Waals surface area contributed by atoms with E-state index in [2.05, 4.69) is 0 Å². The van der Waals surface area contributed by atoms with Gasteiger partial charge in [0.05, 0.1) is 44.4 Å². The second-order valence-electron chi connectivity index (χ2n) is 6.80. The number of aryl methyl sites for hydroxylation is 1. The maximum Gasteiger partial charge on any atom is 0.264 e. The van der Waals surface area contributed by atoms with Crippen LogP contribution in [0.15, 0.2) is 53.1 Å². The third-order valence-corrected chi connectivity index (χ3v) is 6.13. The Balaban J connectivity index is 1.85. The Bertz CT molecular complexity index is 1220. The van der Waals surface area contributed by atoms with E-state index in [4.69, 9.17) is 23.6 Å². The summed E-state index contributed by atoms with van der Waals surface area (Å²) in [5.74, 6) is 2.03. The number of nitrogens with zero attached hydrogens (tertiary/aromatic N) is 2. The van der Waals surface area contributed by atoms with Crippen molar-refractivity contribution in [2.24, 2.45) is 0 Å². The van der Waals surface area contributed by atoms with Crippen molar-refractivity contribution in [3.05, 3.63) is 65.6 Å². The summed E-state index contributed by atoms with van der Waals surface area (Å²) in [6, 6.07) is 12.6. The minimum atomic E-state index is -0.275. The SMILES string of the molecule is COc1ccc(OC)c(C(=O)N(Cc2ccco2)c2nc3c(OC)ccc(C)c3s2)c1. The summed E-state index contributed by atoms with van der Waals surface area (Å²) in [7, 11) is 4.69. The Morgan fingerprint density at radius 1 is 1.06 bits per heavy atom. The van der Waals surface area contributed by atoms with Gasteiger partial charge in [0.1, 0.15) is 28.5 Å². The van der Waals surface area contributed by atoms with E-state index in [1.807, 2.05) is 25.1 Å². The molecule has 0 atom stereocenters. The molecule has 0 saturated heterocycles. The largest absolute Gasteiger partial charge is 0.497 e. The highest BCUT2D eigenvalue weighted by Gasteiger charge is 2.26. The molecule has 0 radical (unpaired) electrons. The van der Waals surface area contributed by atoms with Gasteiger partial charge in [0.15, 0.2) is 5.13 Å². The van der Waals surface area contributed by atoms with Gasteiger partial charge in [-0.05, 0) is 48.9 Å². The van der Waals surface area contributed by atoms with Crippen molar-refractivity contribution in [3.8, 4) is 17.2 Å². The lowest BCUT2D eigenvalue weighted by molar-refractivity contribution is 0.0980. The van der Waals surface area contributed by atoms with Crippen LogP contribution in [-0.4, -0.2) is 32.2 Å². The standard InChI is InChI=1S/C23H22N2O5S/c1-14-7-9-19(29-4)20-21(14)31-23(24-20)25(13-16-6-5-11-30-16)22(26)17-12-15(27-2)8-10-18(17)28-3/h5-12H,13H2,1-4H3. The molecular formula is C23H22N2O5S. The maximum absolute atomic E-state index is 13.7. The fourth-order valence-electron chi connectivity index (χ4n) is 3.29. The Morgan fingerprint density at radius 2 is 1.84 bits per heavy atom. The van der Waals surface area contributed by atoms with Crippen molar-refractivity contribution in [1.29, 1.82) is 0 Å². The van der Waals surface area contributed by atoms with Crippen LogP contribution in [0.5, 0.6) is 17.2 Å².